The van der Waals surface area contributed by atoms with Gasteiger partial charge < -0.3 is 15.8 Å². The van der Waals surface area contributed by atoms with Gasteiger partial charge in [-0.25, -0.2) is 4.39 Å². The predicted octanol–water partition coefficient (Wildman–Crippen LogP) is 1.85. The highest BCUT2D eigenvalue weighted by molar-refractivity contribution is 5.29. The molecule has 18 heavy (non-hydrogen) atoms. The van der Waals surface area contributed by atoms with Crippen molar-refractivity contribution in [1.82, 2.24) is 5.32 Å². The number of nitrogens with one attached hydrogen (secondary N) is 1. The van der Waals surface area contributed by atoms with E-state index in [1.807, 2.05) is 6.07 Å². The third kappa shape index (κ3) is 3.21. The van der Waals surface area contributed by atoms with Crippen LogP contribution in [0.4, 0.5) is 4.39 Å². The van der Waals surface area contributed by atoms with Crippen molar-refractivity contribution in [3.05, 3.63) is 29.6 Å². The van der Waals surface area contributed by atoms with E-state index < -0.39 is 0 Å². The number of hydrogen-bond acceptors (Lipinski definition) is 3. The van der Waals surface area contributed by atoms with Gasteiger partial charge in [0.05, 0.1) is 7.11 Å². The van der Waals surface area contributed by atoms with Gasteiger partial charge in [-0.1, -0.05) is 12.5 Å². The van der Waals surface area contributed by atoms with Crippen molar-refractivity contribution in [1.29, 1.82) is 0 Å². The maximum absolute atomic E-state index is 13.5. The second-order valence-electron chi connectivity index (χ2n) is 4.87. The van der Waals surface area contributed by atoms with E-state index in [9.17, 15) is 4.39 Å². The summed E-state index contributed by atoms with van der Waals surface area (Å²) in [5, 5.41) is 3.45. The number of methoxy groups -OCH3 is 1. The third-order valence-corrected chi connectivity index (χ3v) is 3.61. The largest absolute Gasteiger partial charge is 0.494 e. The molecule has 2 atom stereocenters. The summed E-state index contributed by atoms with van der Waals surface area (Å²) >= 11 is 0. The minimum Gasteiger partial charge on any atom is -0.494 e. The lowest BCUT2D eigenvalue weighted by Crippen LogP contribution is -2.41. The summed E-state index contributed by atoms with van der Waals surface area (Å²) in [5.74, 6) is -0.00269. The minimum absolute atomic E-state index is 0.276. The summed E-state index contributed by atoms with van der Waals surface area (Å²) in [6.45, 7) is 0.837. The Morgan fingerprint density at radius 2 is 2.28 bits per heavy atom. The van der Waals surface area contributed by atoms with Crippen LogP contribution in [0.1, 0.15) is 24.8 Å². The van der Waals surface area contributed by atoms with Crippen LogP contribution in [-0.4, -0.2) is 25.7 Å². The molecule has 1 aromatic rings. The number of rotatable bonds is 5. The van der Waals surface area contributed by atoms with Crippen molar-refractivity contribution in [2.45, 2.75) is 37.8 Å². The Labute approximate surface area is 108 Å². The van der Waals surface area contributed by atoms with Crippen LogP contribution in [0.15, 0.2) is 18.2 Å². The van der Waals surface area contributed by atoms with Crippen molar-refractivity contribution in [2.24, 2.45) is 5.73 Å². The zero-order valence-corrected chi connectivity index (χ0v) is 10.8. The van der Waals surface area contributed by atoms with Crippen LogP contribution >= 0.6 is 0 Å². The molecule has 1 aliphatic rings. The van der Waals surface area contributed by atoms with E-state index in [4.69, 9.17) is 10.5 Å². The Hall–Kier alpha value is -1.13. The minimum atomic E-state index is -0.299. The molecule has 0 aromatic heterocycles. The quantitative estimate of drug-likeness (QED) is 0.840. The molecule has 1 fully saturated rings. The van der Waals surface area contributed by atoms with Crippen molar-refractivity contribution >= 4 is 0 Å². The first-order valence-electron chi connectivity index (χ1n) is 6.52. The lowest BCUT2D eigenvalue weighted by Gasteiger charge is -2.17. The average molecular weight is 252 g/mol. The van der Waals surface area contributed by atoms with E-state index in [2.05, 4.69) is 5.32 Å². The van der Waals surface area contributed by atoms with E-state index in [-0.39, 0.29) is 11.9 Å². The maximum Gasteiger partial charge on any atom is 0.165 e. The first kappa shape index (κ1) is 13.3. The molecule has 0 radical (unpaired) electrons. The molecule has 2 rings (SSSR count). The fourth-order valence-electron chi connectivity index (χ4n) is 2.51. The van der Waals surface area contributed by atoms with Crippen LogP contribution in [0.5, 0.6) is 5.75 Å². The predicted molar refractivity (Wildman–Crippen MR) is 70.3 cm³/mol. The fourth-order valence-corrected chi connectivity index (χ4v) is 2.51. The van der Waals surface area contributed by atoms with Gasteiger partial charge in [-0.3, -0.25) is 0 Å². The van der Waals surface area contributed by atoms with Gasteiger partial charge in [0.1, 0.15) is 0 Å². The molecular formula is C14H21FN2O. The van der Waals surface area contributed by atoms with Crippen LogP contribution in [0.3, 0.4) is 0 Å². The topological polar surface area (TPSA) is 47.3 Å². The molecule has 3 nitrogen and oxygen atoms in total. The van der Waals surface area contributed by atoms with Gasteiger partial charge in [0.2, 0.25) is 0 Å². The van der Waals surface area contributed by atoms with Gasteiger partial charge in [-0.05, 0) is 43.5 Å². The van der Waals surface area contributed by atoms with Crippen LogP contribution in [0.25, 0.3) is 0 Å². The summed E-state index contributed by atoms with van der Waals surface area (Å²) in [7, 11) is 1.47. The zero-order chi connectivity index (χ0) is 13.0. The second-order valence-corrected chi connectivity index (χ2v) is 4.87. The number of benzene rings is 1. The normalized spacial score (nSPS) is 23.3. The van der Waals surface area contributed by atoms with E-state index in [1.165, 1.54) is 19.6 Å². The van der Waals surface area contributed by atoms with E-state index in [0.717, 1.165) is 31.4 Å². The van der Waals surface area contributed by atoms with E-state index >= 15 is 0 Å². The van der Waals surface area contributed by atoms with Gasteiger partial charge in [0.15, 0.2) is 11.6 Å². The Balaban J connectivity index is 1.81. The zero-order valence-electron chi connectivity index (χ0n) is 10.8. The molecule has 0 bridgehead atoms. The van der Waals surface area contributed by atoms with E-state index in [0.29, 0.717) is 11.8 Å². The molecule has 1 aliphatic carbocycles. The summed E-state index contributed by atoms with van der Waals surface area (Å²) in [6.07, 6.45) is 4.27. The lowest BCUT2D eigenvalue weighted by atomic mass is 10.1. The molecule has 1 saturated carbocycles. The Bertz CT molecular complexity index is 397. The van der Waals surface area contributed by atoms with Crippen molar-refractivity contribution in [3.63, 3.8) is 0 Å². The summed E-state index contributed by atoms with van der Waals surface area (Å²) < 4.78 is 18.4. The first-order chi connectivity index (χ1) is 8.70. The monoisotopic (exact) mass is 252 g/mol. The first-order valence-corrected chi connectivity index (χ1v) is 6.52. The van der Waals surface area contributed by atoms with Crippen LogP contribution in [-0.2, 0) is 6.42 Å². The molecule has 100 valence electrons. The summed E-state index contributed by atoms with van der Waals surface area (Å²) in [6, 6.07) is 5.81. The van der Waals surface area contributed by atoms with Crippen LogP contribution in [0, 0.1) is 5.82 Å². The molecule has 4 heteroatoms. The van der Waals surface area contributed by atoms with Crippen LogP contribution < -0.4 is 15.8 Å². The highest BCUT2D eigenvalue weighted by atomic mass is 19.1. The number of nitrogens with two attached hydrogens (primary N) is 1. The van der Waals surface area contributed by atoms with Crippen molar-refractivity contribution in [3.8, 4) is 5.75 Å². The molecule has 0 heterocycles. The van der Waals surface area contributed by atoms with E-state index in [1.54, 1.807) is 6.07 Å². The highest BCUT2D eigenvalue weighted by Gasteiger charge is 2.22. The van der Waals surface area contributed by atoms with Gasteiger partial charge in [-0.2, -0.15) is 0 Å². The highest BCUT2D eigenvalue weighted by Crippen LogP contribution is 2.19. The molecule has 0 aliphatic heterocycles. The molecule has 3 N–H and O–H groups in total. The summed E-state index contributed by atoms with van der Waals surface area (Å²) in [4.78, 5) is 0. The molecular weight excluding hydrogens is 231 g/mol. The molecule has 0 saturated heterocycles. The number of ether oxygens (including phenoxy) is 1. The number of halogens is 1. The second kappa shape index (κ2) is 6.16. The van der Waals surface area contributed by atoms with Gasteiger partial charge in [-0.15, -0.1) is 0 Å². The van der Waals surface area contributed by atoms with Gasteiger partial charge in [0.25, 0.3) is 0 Å². The Kier molecular flexibility index (Phi) is 4.55. The fraction of sp³-hybridized carbons (Fsp3) is 0.571. The molecule has 0 spiro atoms. The Morgan fingerprint density at radius 1 is 1.44 bits per heavy atom. The summed E-state index contributed by atoms with van der Waals surface area (Å²) in [5.41, 5.74) is 6.96. The smallest absolute Gasteiger partial charge is 0.165 e. The third-order valence-electron chi connectivity index (χ3n) is 3.61. The number of hydrogen-bond donors (Lipinski definition) is 2. The molecule has 2 unspecified atom stereocenters. The standard InChI is InChI=1S/C14H21FN2O/c1-18-14-6-5-10(9-11(14)15)7-8-17-13-4-2-3-12(13)16/h5-6,9,12-13,17H,2-4,7-8,16H2,1H3. The Morgan fingerprint density at radius 3 is 2.89 bits per heavy atom. The van der Waals surface area contributed by atoms with Crippen molar-refractivity contribution in [2.75, 3.05) is 13.7 Å². The van der Waals surface area contributed by atoms with Gasteiger partial charge in [0, 0.05) is 12.1 Å². The van der Waals surface area contributed by atoms with Crippen LogP contribution in [0.2, 0.25) is 0 Å². The molecule has 0 amide bonds. The molecule has 1 aromatic carbocycles. The lowest BCUT2D eigenvalue weighted by molar-refractivity contribution is 0.386. The maximum atomic E-state index is 13.5. The SMILES string of the molecule is COc1ccc(CCNC2CCCC2N)cc1F. The van der Waals surface area contributed by atoms with Crippen molar-refractivity contribution < 1.29 is 9.13 Å². The van der Waals surface area contributed by atoms with Gasteiger partial charge >= 0.3 is 0 Å². The average Bonchev–Trinajstić information content (AvgIpc) is 2.75.